The van der Waals surface area contributed by atoms with E-state index in [-0.39, 0.29) is 12.3 Å². The van der Waals surface area contributed by atoms with Crippen LogP contribution in [0.25, 0.3) is 0 Å². The van der Waals surface area contributed by atoms with Gasteiger partial charge in [0.15, 0.2) is 0 Å². The lowest BCUT2D eigenvalue weighted by molar-refractivity contribution is -0.153. The normalized spacial score (nSPS) is 19.2. The summed E-state index contributed by atoms with van der Waals surface area (Å²) in [7, 11) is 0. The molecule has 0 amide bonds. The van der Waals surface area contributed by atoms with Crippen molar-refractivity contribution in [2.24, 2.45) is 5.92 Å². The van der Waals surface area contributed by atoms with E-state index in [1.807, 2.05) is 31.2 Å². The molecule has 2 rings (SSSR count). The van der Waals surface area contributed by atoms with Crippen LogP contribution in [0.4, 0.5) is 0 Å². The summed E-state index contributed by atoms with van der Waals surface area (Å²) in [6.45, 7) is 2.55. The summed E-state index contributed by atoms with van der Waals surface area (Å²) in [6.07, 6.45) is 0.725. The molecule has 1 aromatic rings. The van der Waals surface area contributed by atoms with Crippen LogP contribution in [0.3, 0.4) is 0 Å². The monoisotopic (exact) mass is 234 g/mol. The van der Waals surface area contributed by atoms with E-state index in [0.29, 0.717) is 13.0 Å². The molecule has 90 valence electrons. The van der Waals surface area contributed by atoms with Crippen molar-refractivity contribution >= 4 is 11.9 Å². The molecule has 1 heterocycles. The highest BCUT2D eigenvalue weighted by Gasteiger charge is 2.33. The standard InChI is InChI=1S/C13H14O4/c1-2-16-11-5-3-9(4-6-11)7-10-8-12(14)17-13(10)15/h3-6,10H,2,7-8H2,1H3. The van der Waals surface area contributed by atoms with E-state index in [9.17, 15) is 9.59 Å². The number of carbonyl (C=O) groups is 2. The Morgan fingerprint density at radius 3 is 2.53 bits per heavy atom. The first-order chi connectivity index (χ1) is 8.19. The van der Waals surface area contributed by atoms with E-state index in [1.54, 1.807) is 0 Å². The molecule has 1 aliphatic rings. The van der Waals surface area contributed by atoms with Crippen LogP contribution in [-0.2, 0) is 20.7 Å². The Hall–Kier alpha value is -1.84. The lowest BCUT2D eigenvalue weighted by Gasteiger charge is -2.06. The fourth-order valence-electron chi connectivity index (χ4n) is 1.85. The minimum Gasteiger partial charge on any atom is -0.494 e. The molecule has 0 bridgehead atoms. The van der Waals surface area contributed by atoms with Gasteiger partial charge in [0.25, 0.3) is 0 Å². The summed E-state index contributed by atoms with van der Waals surface area (Å²) in [5.74, 6) is -0.364. The molecule has 4 heteroatoms. The summed E-state index contributed by atoms with van der Waals surface area (Å²) in [4.78, 5) is 22.2. The fourth-order valence-corrected chi connectivity index (χ4v) is 1.85. The Morgan fingerprint density at radius 2 is 2.00 bits per heavy atom. The third kappa shape index (κ3) is 2.84. The Bertz CT molecular complexity index is 422. The molecule has 1 fully saturated rings. The maximum Gasteiger partial charge on any atom is 0.317 e. The Kier molecular flexibility index (Phi) is 3.42. The second-order valence-electron chi connectivity index (χ2n) is 3.98. The van der Waals surface area contributed by atoms with Crippen LogP contribution >= 0.6 is 0 Å². The van der Waals surface area contributed by atoms with Gasteiger partial charge in [-0.1, -0.05) is 12.1 Å². The van der Waals surface area contributed by atoms with Crippen LogP contribution in [0.15, 0.2) is 24.3 Å². The lowest BCUT2D eigenvalue weighted by atomic mass is 9.98. The van der Waals surface area contributed by atoms with E-state index in [2.05, 4.69) is 4.74 Å². The molecule has 4 nitrogen and oxygen atoms in total. The van der Waals surface area contributed by atoms with Crippen molar-refractivity contribution in [2.45, 2.75) is 19.8 Å². The highest BCUT2D eigenvalue weighted by Crippen LogP contribution is 2.22. The first-order valence-electron chi connectivity index (χ1n) is 5.65. The van der Waals surface area contributed by atoms with Crippen molar-refractivity contribution in [3.05, 3.63) is 29.8 Å². The van der Waals surface area contributed by atoms with Gasteiger partial charge in [0.1, 0.15) is 5.75 Å². The molecule has 1 aliphatic heterocycles. The van der Waals surface area contributed by atoms with Crippen molar-refractivity contribution in [3.8, 4) is 5.75 Å². The van der Waals surface area contributed by atoms with Gasteiger partial charge in [-0.3, -0.25) is 9.59 Å². The van der Waals surface area contributed by atoms with Gasteiger partial charge in [0, 0.05) is 0 Å². The minimum atomic E-state index is -0.425. The first-order valence-corrected chi connectivity index (χ1v) is 5.65. The maximum atomic E-state index is 11.3. The van der Waals surface area contributed by atoms with Crippen LogP contribution in [0.1, 0.15) is 18.9 Å². The zero-order valence-corrected chi connectivity index (χ0v) is 9.64. The van der Waals surface area contributed by atoms with Crippen LogP contribution < -0.4 is 4.74 Å². The van der Waals surface area contributed by atoms with Gasteiger partial charge in [-0.25, -0.2) is 0 Å². The zero-order valence-electron chi connectivity index (χ0n) is 9.64. The third-order valence-corrected chi connectivity index (χ3v) is 2.68. The predicted octanol–water partition coefficient (Wildman–Crippen LogP) is 1.72. The van der Waals surface area contributed by atoms with Gasteiger partial charge in [0.2, 0.25) is 0 Å². The van der Waals surface area contributed by atoms with Gasteiger partial charge >= 0.3 is 11.9 Å². The largest absolute Gasteiger partial charge is 0.494 e. The second-order valence-corrected chi connectivity index (χ2v) is 3.98. The molecule has 0 aliphatic carbocycles. The number of esters is 2. The predicted molar refractivity (Wildman–Crippen MR) is 60.5 cm³/mol. The number of ether oxygens (including phenoxy) is 2. The first kappa shape index (κ1) is 11.6. The summed E-state index contributed by atoms with van der Waals surface area (Å²) in [5, 5.41) is 0. The van der Waals surface area contributed by atoms with Gasteiger partial charge < -0.3 is 9.47 Å². The average molecular weight is 234 g/mol. The van der Waals surface area contributed by atoms with Gasteiger partial charge in [-0.15, -0.1) is 0 Å². The summed E-state index contributed by atoms with van der Waals surface area (Å²) >= 11 is 0. The molecule has 0 aromatic heterocycles. The van der Waals surface area contributed by atoms with Crippen molar-refractivity contribution in [1.29, 1.82) is 0 Å². The molecular weight excluding hydrogens is 220 g/mol. The number of cyclic esters (lactones) is 2. The molecule has 0 radical (unpaired) electrons. The van der Waals surface area contributed by atoms with E-state index in [1.165, 1.54) is 0 Å². The van der Waals surface area contributed by atoms with Crippen LogP contribution in [0.2, 0.25) is 0 Å². The van der Waals surface area contributed by atoms with E-state index < -0.39 is 11.9 Å². The Morgan fingerprint density at radius 1 is 1.29 bits per heavy atom. The molecule has 0 saturated carbocycles. The van der Waals surface area contributed by atoms with E-state index >= 15 is 0 Å². The minimum absolute atomic E-state index is 0.187. The highest BCUT2D eigenvalue weighted by atomic mass is 16.6. The molecule has 1 saturated heterocycles. The maximum absolute atomic E-state index is 11.3. The van der Waals surface area contributed by atoms with Crippen molar-refractivity contribution < 1.29 is 19.1 Å². The molecule has 1 aromatic carbocycles. The number of hydrogen-bond donors (Lipinski definition) is 0. The fraction of sp³-hybridized carbons (Fsp3) is 0.385. The number of rotatable bonds is 4. The highest BCUT2D eigenvalue weighted by molar-refractivity contribution is 5.94. The van der Waals surface area contributed by atoms with Crippen LogP contribution in [0.5, 0.6) is 5.75 Å². The summed E-state index contributed by atoms with van der Waals surface area (Å²) in [5.41, 5.74) is 1.00. The molecule has 17 heavy (non-hydrogen) atoms. The quantitative estimate of drug-likeness (QED) is 0.588. The molecule has 0 spiro atoms. The van der Waals surface area contributed by atoms with E-state index in [0.717, 1.165) is 11.3 Å². The third-order valence-electron chi connectivity index (χ3n) is 2.68. The topological polar surface area (TPSA) is 52.6 Å². The molecule has 0 N–H and O–H groups in total. The molecular formula is C13H14O4. The van der Waals surface area contributed by atoms with Crippen LogP contribution in [-0.4, -0.2) is 18.5 Å². The van der Waals surface area contributed by atoms with Gasteiger partial charge in [0.05, 0.1) is 18.9 Å². The summed E-state index contributed by atoms with van der Waals surface area (Å²) < 4.78 is 9.83. The molecule has 1 atom stereocenters. The van der Waals surface area contributed by atoms with Gasteiger partial charge in [-0.2, -0.15) is 0 Å². The Balaban J connectivity index is 1.99. The van der Waals surface area contributed by atoms with Crippen LogP contribution in [0, 0.1) is 5.92 Å². The van der Waals surface area contributed by atoms with Crippen molar-refractivity contribution in [3.63, 3.8) is 0 Å². The van der Waals surface area contributed by atoms with Crippen molar-refractivity contribution in [1.82, 2.24) is 0 Å². The average Bonchev–Trinajstić information content (AvgIpc) is 2.61. The Labute approximate surface area is 99.5 Å². The lowest BCUT2D eigenvalue weighted by Crippen LogP contribution is -2.10. The smallest absolute Gasteiger partial charge is 0.317 e. The number of carbonyl (C=O) groups excluding carboxylic acids is 2. The molecule has 1 unspecified atom stereocenters. The van der Waals surface area contributed by atoms with Crippen molar-refractivity contribution in [2.75, 3.05) is 6.61 Å². The van der Waals surface area contributed by atoms with E-state index in [4.69, 9.17) is 4.74 Å². The SMILES string of the molecule is CCOc1ccc(CC2CC(=O)OC2=O)cc1. The van der Waals surface area contributed by atoms with Gasteiger partial charge in [-0.05, 0) is 31.0 Å². The summed E-state index contributed by atoms with van der Waals surface area (Å²) in [6, 6.07) is 7.53. The second kappa shape index (κ2) is 4.99. The number of benzene rings is 1. The zero-order chi connectivity index (χ0) is 12.3. The number of hydrogen-bond acceptors (Lipinski definition) is 4.